The highest BCUT2D eigenvalue weighted by Crippen LogP contribution is 2.39. The zero-order valence-electron chi connectivity index (χ0n) is 12.8. The SMILES string of the molecule is CCC1Sc2ccccc2N(CC(=O)NCc2cccs2)C1=O. The van der Waals surface area contributed by atoms with Gasteiger partial charge in [-0.25, -0.2) is 0 Å². The molecule has 4 nitrogen and oxygen atoms in total. The quantitative estimate of drug-likeness (QED) is 0.904. The molecule has 1 aliphatic rings. The number of para-hydroxylation sites is 1. The van der Waals surface area contributed by atoms with E-state index in [0.29, 0.717) is 6.54 Å². The monoisotopic (exact) mass is 346 g/mol. The van der Waals surface area contributed by atoms with E-state index in [0.717, 1.165) is 21.9 Å². The maximum Gasteiger partial charge on any atom is 0.240 e. The Balaban J connectivity index is 1.72. The highest BCUT2D eigenvalue weighted by Gasteiger charge is 2.33. The third-order valence-corrected chi connectivity index (χ3v) is 5.97. The molecular weight excluding hydrogens is 328 g/mol. The number of hydrogen-bond acceptors (Lipinski definition) is 4. The summed E-state index contributed by atoms with van der Waals surface area (Å²) in [5, 5.41) is 4.75. The van der Waals surface area contributed by atoms with E-state index in [-0.39, 0.29) is 23.6 Å². The molecule has 0 bridgehead atoms. The van der Waals surface area contributed by atoms with Gasteiger partial charge in [-0.05, 0) is 30.0 Å². The van der Waals surface area contributed by atoms with E-state index in [9.17, 15) is 9.59 Å². The van der Waals surface area contributed by atoms with E-state index in [1.807, 2.05) is 48.7 Å². The molecule has 3 rings (SSSR count). The van der Waals surface area contributed by atoms with Gasteiger partial charge in [0.25, 0.3) is 0 Å². The fraction of sp³-hybridized carbons (Fsp3) is 0.294. The maximum absolute atomic E-state index is 12.6. The lowest BCUT2D eigenvalue weighted by Crippen LogP contribution is -2.46. The lowest BCUT2D eigenvalue weighted by molar-refractivity contribution is -0.123. The summed E-state index contributed by atoms with van der Waals surface area (Å²) in [5.41, 5.74) is 0.832. The molecular formula is C17H18N2O2S2. The predicted octanol–water partition coefficient (Wildman–Crippen LogP) is 3.28. The average molecular weight is 346 g/mol. The molecule has 0 radical (unpaired) electrons. The van der Waals surface area contributed by atoms with Gasteiger partial charge in [-0.2, -0.15) is 0 Å². The molecule has 1 N–H and O–H groups in total. The molecule has 2 heterocycles. The van der Waals surface area contributed by atoms with Crippen LogP contribution in [0, 0.1) is 0 Å². The van der Waals surface area contributed by atoms with Gasteiger partial charge in [-0.15, -0.1) is 23.1 Å². The fourth-order valence-corrected chi connectivity index (χ4v) is 4.30. The Morgan fingerprint density at radius 3 is 2.83 bits per heavy atom. The van der Waals surface area contributed by atoms with Gasteiger partial charge in [0.15, 0.2) is 0 Å². The third kappa shape index (κ3) is 3.59. The topological polar surface area (TPSA) is 49.4 Å². The van der Waals surface area contributed by atoms with Gasteiger partial charge >= 0.3 is 0 Å². The minimum absolute atomic E-state index is 0.0162. The Bertz CT molecular complexity index is 700. The van der Waals surface area contributed by atoms with Crippen molar-refractivity contribution in [3.63, 3.8) is 0 Å². The number of thioether (sulfide) groups is 1. The standard InChI is InChI=1S/C17H18N2O2S2/c1-2-14-17(21)19(13-7-3-4-8-15(13)23-14)11-16(20)18-10-12-6-5-9-22-12/h3-9,14H,2,10-11H2,1H3,(H,18,20). The first-order valence-electron chi connectivity index (χ1n) is 7.55. The highest BCUT2D eigenvalue weighted by molar-refractivity contribution is 8.01. The van der Waals surface area contributed by atoms with Crippen LogP contribution in [0.3, 0.4) is 0 Å². The van der Waals surface area contributed by atoms with E-state index in [4.69, 9.17) is 0 Å². The minimum atomic E-state index is -0.136. The fourth-order valence-electron chi connectivity index (χ4n) is 2.50. The van der Waals surface area contributed by atoms with E-state index in [1.54, 1.807) is 28.0 Å². The van der Waals surface area contributed by atoms with Gasteiger partial charge in [-0.3, -0.25) is 9.59 Å². The summed E-state index contributed by atoms with van der Waals surface area (Å²) in [7, 11) is 0. The maximum atomic E-state index is 12.6. The number of anilines is 1. The smallest absolute Gasteiger partial charge is 0.240 e. The van der Waals surface area contributed by atoms with Crippen molar-refractivity contribution in [1.29, 1.82) is 0 Å². The summed E-state index contributed by atoms with van der Waals surface area (Å²) in [5.74, 6) is -0.120. The van der Waals surface area contributed by atoms with Crippen molar-refractivity contribution in [2.45, 2.75) is 30.0 Å². The number of carbonyl (C=O) groups is 2. The molecule has 0 spiro atoms. The molecule has 1 aromatic heterocycles. The first-order chi connectivity index (χ1) is 11.2. The van der Waals surface area contributed by atoms with Crippen LogP contribution in [0.25, 0.3) is 0 Å². The molecule has 0 saturated carbocycles. The highest BCUT2D eigenvalue weighted by atomic mass is 32.2. The molecule has 1 aliphatic heterocycles. The molecule has 23 heavy (non-hydrogen) atoms. The van der Waals surface area contributed by atoms with Crippen LogP contribution in [0.1, 0.15) is 18.2 Å². The van der Waals surface area contributed by atoms with Crippen LogP contribution < -0.4 is 10.2 Å². The molecule has 0 aliphatic carbocycles. The van der Waals surface area contributed by atoms with Gasteiger partial charge in [0, 0.05) is 9.77 Å². The third-order valence-electron chi connectivity index (χ3n) is 3.68. The summed E-state index contributed by atoms with van der Waals surface area (Å²) in [6.07, 6.45) is 0.755. The van der Waals surface area contributed by atoms with Gasteiger partial charge in [0.2, 0.25) is 11.8 Å². The number of fused-ring (bicyclic) bond motifs is 1. The van der Waals surface area contributed by atoms with Crippen molar-refractivity contribution in [2.24, 2.45) is 0 Å². The van der Waals surface area contributed by atoms with Crippen molar-refractivity contribution < 1.29 is 9.59 Å². The summed E-state index contributed by atoms with van der Waals surface area (Å²) < 4.78 is 0. The number of nitrogens with zero attached hydrogens (tertiary/aromatic N) is 1. The number of benzene rings is 1. The van der Waals surface area contributed by atoms with E-state index < -0.39 is 0 Å². The van der Waals surface area contributed by atoms with Crippen molar-refractivity contribution in [2.75, 3.05) is 11.4 Å². The largest absolute Gasteiger partial charge is 0.350 e. The van der Waals surface area contributed by atoms with E-state index >= 15 is 0 Å². The van der Waals surface area contributed by atoms with Crippen LogP contribution in [0.4, 0.5) is 5.69 Å². The van der Waals surface area contributed by atoms with Gasteiger partial charge in [-0.1, -0.05) is 25.1 Å². The van der Waals surface area contributed by atoms with Crippen molar-refractivity contribution in [3.8, 4) is 0 Å². The summed E-state index contributed by atoms with van der Waals surface area (Å²) in [4.78, 5) is 28.6. The second-order valence-corrected chi connectivity index (χ2v) is 7.54. The lowest BCUT2D eigenvalue weighted by Gasteiger charge is -2.32. The Kier molecular flexibility index (Phi) is 5.03. The Morgan fingerprint density at radius 2 is 2.09 bits per heavy atom. The van der Waals surface area contributed by atoms with Crippen LogP contribution in [-0.2, 0) is 16.1 Å². The molecule has 6 heteroatoms. The van der Waals surface area contributed by atoms with Crippen LogP contribution in [-0.4, -0.2) is 23.6 Å². The number of carbonyl (C=O) groups excluding carboxylic acids is 2. The predicted molar refractivity (Wildman–Crippen MR) is 94.9 cm³/mol. The molecule has 1 atom stereocenters. The van der Waals surface area contributed by atoms with Crippen molar-refractivity contribution >= 4 is 40.6 Å². The lowest BCUT2D eigenvalue weighted by atomic mass is 10.2. The minimum Gasteiger partial charge on any atom is -0.350 e. The molecule has 0 saturated heterocycles. The normalized spacial score (nSPS) is 17.0. The number of thiophene rings is 1. The summed E-state index contributed by atoms with van der Waals surface area (Å²) >= 11 is 3.19. The van der Waals surface area contributed by atoms with Crippen molar-refractivity contribution in [1.82, 2.24) is 5.32 Å². The second-order valence-electron chi connectivity index (χ2n) is 5.26. The molecule has 0 fully saturated rings. The molecule has 2 amide bonds. The van der Waals surface area contributed by atoms with Crippen LogP contribution in [0.15, 0.2) is 46.7 Å². The average Bonchev–Trinajstić information content (AvgIpc) is 3.09. The number of nitrogens with one attached hydrogen (secondary N) is 1. The van der Waals surface area contributed by atoms with Gasteiger partial charge < -0.3 is 10.2 Å². The number of amides is 2. The molecule has 2 aromatic rings. The van der Waals surface area contributed by atoms with E-state index in [1.165, 1.54) is 0 Å². The van der Waals surface area contributed by atoms with Crippen LogP contribution in [0.5, 0.6) is 0 Å². The molecule has 1 unspecified atom stereocenters. The summed E-state index contributed by atoms with van der Waals surface area (Å²) in [6, 6.07) is 11.7. The first-order valence-corrected chi connectivity index (χ1v) is 9.31. The van der Waals surface area contributed by atoms with Gasteiger partial charge in [0.05, 0.1) is 17.5 Å². The van der Waals surface area contributed by atoms with Crippen LogP contribution in [0.2, 0.25) is 0 Å². The zero-order valence-corrected chi connectivity index (χ0v) is 14.5. The Morgan fingerprint density at radius 1 is 1.26 bits per heavy atom. The number of hydrogen-bond donors (Lipinski definition) is 1. The zero-order chi connectivity index (χ0) is 16.2. The van der Waals surface area contributed by atoms with Crippen LogP contribution >= 0.6 is 23.1 Å². The van der Waals surface area contributed by atoms with E-state index in [2.05, 4.69) is 5.32 Å². The van der Waals surface area contributed by atoms with Gasteiger partial charge in [0.1, 0.15) is 6.54 Å². The summed E-state index contributed by atoms with van der Waals surface area (Å²) in [6.45, 7) is 2.57. The number of rotatable bonds is 5. The Hall–Kier alpha value is -1.79. The Labute approximate surface area is 143 Å². The first kappa shape index (κ1) is 16.1. The van der Waals surface area contributed by atoms with Crippen molar-refractivity contribution in [3.05, 3.63) is 46.7 Å². The molecule has 1 aromatic carbocycles. The second kappa shape index (κ2) is 7.19. The molecule has 120 valence electrons.